The van der Waals surface area contributed by atoms with E-state index < -0.39 is 5.82 Å². The molecule has 0 saturated carbocycles. The van der Waals surface area contributed by atoms with Gasteiger partial charge in [0.05, 0.1) is 5.56 Å². The Bertz CT molecular complexity index is 938. The molecule has 126 valence electrons. The molecule has 1 aliphatic heterocycles. The Hall–Kier alpha value is -2.72. The average Bonchev–Trinajstić information content (AvgIpc) is 2.65. The smallest absolute Gasteiger partial charge is 0.252 e. The third kappa shape index (κ3) is 3.13. The molecule has 4 rings (SSSR count). The fourth-order valence-corrected chi connectivity index (χ4v) is 3.53. The van der Waals surface area contributed by atoms with Gasteiger partial charge in [0, 0.05) is 12.6 Å². The first-order valence-electron chi connectivity index (χ1n) is 8.50. The minimum absolute atomic E-state index is 0.0775. The highest BCUT2D eigenvalue weighted by atomic mass is 19.1. The quantitative estimate of drug-likeness (QED) is 0.768. The highest BCUT2D eigenvalue weighted by molar-refractivity contribution is 6.07. The second-order valence-corrected chi connectivity index (χ2v) is 6.34. The van der Waals surface area contributed by atoms with Crippen molar-refractivity contribution in [2.24, 2.45) is 0 Å². The highest BCUT2D eigenvalue weighted by Crippen LogP contribution is 2.23. The largest absolute Gasteiger partial charge is 0.350 e. The van der Waals surface area contributed by atoms with Crippen LogP contribution in [0.5, 0.6) is 0 Å². The monoisotopic (exact) mass is 334 g/mol. The maximum absolute atomic E-state index is 13.9. The summed E-state index contributed by atoms with van der Waals surface area (Å²) < 4.78 is 13.9. The molecule has 0 bridgehead atoms. The molecular weight excluding hydrogens is 315 g/mol. The molecule has 1 amide bonds. The fraction of sp³-hybridized carbons (Fsp3) is 0.190. The van der Waals surface area contributed by atoms with Crippen molar-refractivity contribution in [3.8, 4) is 0 Å². The Morgan fingerprint density at radius 3 is 2.84 bits per heavy atom. The van der Waals surface area contributed by atoms with Gasteiger partial charge in [0.1, 0.15) is 5.82 Å². The molecule has 0 radical (unpaired) electrons. The summed E-state index contributed by atoms with van der Waals surface area (Å²) in [7, 11) is 0. The second kappa shape index (κ2) is 6.65. The van der Waals surface area contributed by atoms with E-state index >= 15 is 0 Å². The van der Waals surface area contributed by atoms with Gasteiger partial charge in [-0.15, -0.1) is 0 Å². The number of hydrogen-bond donors (Lipinski definition) is 2. The van der Waals surface area contributed by atoms with E-state index in [-0.39, 0.29) is 11.9 Å². The maximum Gasteiger partial charge on any atom is 0.252 e. The lowest BCUT2D eigenvalue weighted by atomic mass is 9.94. The van der Waals surface area contributed by atoms with Gasteiger partial charge in [0.2, 0.25) is 0 Å². The predicted molar refractivity (Wildman–Crippen MR) is 97.1 cm³/mol. The number of fused-ring (bicyclic) bond motifs is 2. The summed E-state index contributed by atoms with van der Waals surface area (Å²) >= 11 is 0. The number of carbonyl (C=O) groups is 1. The highest BCUT2D eigenvalue weighted by Gasteiger charge is 2.20. The number of halogens is 1. The SMILES string of the molecule is O=C(NCC1NCCc2ccccc21)c1cc(F)cc2ccccc12. The molecule has 1 heterocycles. The standard InChI is InChI=1S/C21H19FN2O/c22-16-11-15-6-2-3-7-17(15)19(12-16)21(25)24-13-20-18-8-4-1-5-14(18)9-10-23-20/h1-8,11-12,20,23H,9-10,13H2,(H,24,25). The normalized spacial score (nSPS) is 16.4. The molecule has 3 aromatic carbocycles. The topological polar surface area (TPSA) is 41.1 Å². The van der Waals surface area contributed by atoms with Crippen molar-refractivity contribution in [2.45, 2.75) is 12.5 Å². The summed E-state index contributed by atoms with van der Waals surface area (Å²) in [5.41, 5.74) is 2.91. The van der Waals surface area contributed by atoms with E-state index in [0.29, 0.717) is 12.1 Å². The van der Waals surface area contributed by atoms with E-state index in [1.54, 1.807) is 0 Å². The van der Waals surface area contributed by atoms with Crippen LogP contribution in [0.2, 0.25) is 0 Å². The molecular formula is C21H19FN2O. The van der Waals surface area contributed by atoms with E-state index in [1.807, 2.05) is 36.4 Å². The summed E-state index contributed by atoms with van der Waals surface area (Å²) in [5, 5.41) is 7.90. The zero-order chi connectivity index (χ0) is 17.2. The molecule has 4 heteroatoms. The van der Waals surface area contributed by atoms with Crippen LogP contribution in [0, 0.1) is 5.82 Å². The van der Waals surface area contributed by atoms with Gasteiger partial charge >= 0.3 is 0 Å². The fourth-order valence-electron chi connectivity index (χ4n) is 3.53. The Morgan fingerprint density at radius 1 is 1.12 bits per heavy atom. The Labute approximate surface area is 145 Å². The van der Waals surface area contributed by atoms with Crippen LogP contribution in [-0.2, 0) is 6.42 Å². The molecule has 1 atom stereocenters. The summed E-state index contributed by atoms with van der Waals surface area (Å²) in [4.78, 5) is 12.7. The molecule has 0 saturated heterocycles. The van der Waals surface area contributed by atoms with Crippen molar-refractivity contribution in [1.29, 1.82) is 0 Å². The van der Waals surface area contributed by atoms with Gasteiger partial charge in [-0.3, -0.25) is 4.79 Å². The summed E-state index contributed by atoms with van der Waals surface area (Å²) in [6, 6.07) is 18.5. The molecule has 0 aliphatic carbocycles. The van der Waals surface area contributed by atoms with E-state index in [9.17, 15) is 9.18 Å². The average molecular weight is 334 g/mol. The van der Waals surface area contributed by atoms with Gasteiger partial charge in [-0.2, -0.15) is 0 Å². The lowest BCUT2D eigenvalue weighted by molar-refractivity contribution is 0.0950. The Morgan fingerprint density at radius 2 is 1.92 bits per heavy atom. The number of amides is 1. The minimum Gasteiger partial charge on any atom is -0.350 e. The van der Waals surface area contributed by atoms with Gasteiger partial charge < -0.3 is 10.6 Å². The van der Waals surface area contributed by atoms with Gasteiger partial charge in [-0.25, -0.2) is 4.39 Å². The van der Waals surface area contributed by atoms with Crippen molar-refractivity contribution >= 4 is 16.7 Å². The van der Waals surface area contributed by atoms with Crippen LogP contribution in [0.4, 0.5) is 4.39 Å². The van der Waals surface area contributed by atoms with Gasteiger partial charge in [-0.1, -0.05) is 48.5 Å². The first-order valence-corrected chi connectivity index (χ1v) is 8.50. The maximum atomic E-state index is 13.9. The number of hydrogen-bond acceptors (Lipinski definition) is 2. The lowest BCUT2D eigenvalue weighted by Crippen LogP contribution is -2.38. The minimum atomic E-state index is -0.398. The van der Waals surface area contributed by atoms with E-state index in [1.165, 1.54) is 23.3 Å². The first-order chi connectivity index (χ1) is 12.2. The summed E-state index contributed by atoms with van der Waals surface area (Å²) in [5.74, 6) is -0.648. The van der Waals surface area contributed by atoms with E-state index in [2.05, 4.69) is 22.8 Å². The number of nitrogens with one attached hydrogen (secondary N) is 2. The number of benzene rings is 3. The van der Waals surface area contributed by atoms with Crippen LogP contribution in [0.25, 0.3) is 10.8 Å². The summed E-state index contributed by atoms with van der Waals surface area (Å²) in [6.07, 6.45) is 0.995. The third-order valence-corrected chi connectivity index (χ3v) is 4.75. The predicted octanol–water partition coefficient (Wildman–Crippen LogP) is 3.60. The molecule has 1 aliphatic rings. The molecule has 25 heavy (non-hydrogen) atoms. The van der Waals surface area contributed by atoms with Gasteiger partial charge in [0.15, 0.2) is 0 Å². The van der Waals surface area contributed by atoms with Crippen LogP contribution in [-0.4, -0.2) is 19.0 Å². The van der Waals surface area contributed by atoms with E-state index in [0.717, 1.165) is 23.7 Å². The Kier molecular flexibility index (Phi) is 4.20. The van der Waals surface area contributed by atoms with Crippen molar-refractivity contribution in [1.82, 2.24) is 10.6 Å². The molecule has 0 aromatic heterocycles. The van der Waals surface area contributed by atoms with Crippen LogP contribution in [0.15, 0.2) is 60.7 Å². The molecule has 3 aromatic rings. The van der Waals surface area contributed by atoms with Crippen LogP contribution in [0.1, 0.15) is 27.5 Å². The molecule has 0 fully saturated rings. The van der Waals surface area contributed by atoms with Crippen molar-refractivity contribution in [2.75, 3.05) is 13.1 Å². The molecule has 1 unspecified atom stereocenters. The zero-order valence-corrected chi connectivity index (χ0v) is 13.8. The summed E-state index contributed by atoms with van der Waals surface area (Å²) in [6.45, 7) is 1.36. The Balaban J connectivity index is 1.56. The van der Waals surface area contributed by atoms with E-state index in [4.69, 9.17) is 0 Å². The molecule has 2 N–H and O–H groups in total. The van der Waals surface area contributed by atoms with Crippen LogP contribution in [0.3, 0.4) is 0 Å². The van der Waals surface area contributed by atoms with Crippen LogP contribution >= 0.6 is 0 Å². The lowest BCUT2D eigenvalue weighted by Gasteiger charge is -2.27. The number of rotatable bonds is 3. The van der Waals surface area contributed by atoms with Gasteiger partial charge in [-0.05, 0) is 47.0 Å². The van der Waals surface area contributed by atoms with Crippen LogP contribution < -0.4 is 10.6 Å². The second-order valence-electron chi connectivity index (χ2n) is 6.34. The van der Waals surface area contributed by atoms with Crippen molar-refractivity contribution in [3.63, 3.8) is 0 Å². The number of carbonyl (C=O) groups excluding carboxylic acids is 1. The third-order valence-electron chi connectivity index (χ3n) is 4.75. The van der Waals surface area contributed by atoms with Gasteiger partial charge in [0.25, 0.3) is 5.91 Å². The molecule has 0 spiro atoms. The zero-order valence-electron chi connectivity index (χ0n) is 13.8. The molecule has 3 nitrogen and oxygen atoms in total. The van der Waals surface area contributed by atoms with Crippen molar-refractivity contribution < 1.29 is 9.18 Å². The van der Waals surface area contributed by atoms with Crippen molar-refractivity contribution in [3.05, 3.63) is 83.2 Å². The first kappa shape index (κ1) is 15.8.